The monoisotopic (exact) mass is 317 g/mol. The van der Waals surface area contributed by atoms with Crippen molar-refractivity contribution in [2.45, 2.75) is 20.0 Å². The molecule has 0 aliphatic rings. The van der Waals surface area contributed by atoms with Crippen LogP contribution in [0, 0.1) is 0 Å². The van der Waals surface area contributed by atoms with E-state index in [0.717, 1.165) is 5.56 Å². The molecular weight excluding hydrogens is 302 g/mol. The van der Waals surface area contributed by atoms with Crippen molar-refractivity contribution < 1.29 is 14.3 Å². The molecule has 0 fully saturated rings. The molecule has 0 bridgehead atoms. The van der Waals surface area contributed by atoms with Crippen LogP contribution in [0.3, 0.4) is 0 Å². The molecule has 0 aliphatic heterocycles. The molecule has 0 radical (unpaired) electrons. The van der Waals surface area contributed by atoms with Crippen LogP contribution >= 0.6 is 11.6 Å². The van der Waals surface area contributed by atoms with Crippen LogP contribution in [-0.4, -0.2) is 11.9 Å². The van der Waals surface area contributed by atoms with Crippen molar-refractivity contribution in [2.75, 3.05) is 5.32 Å². The molecule has 0 aliphatic carbocycles. The van der Waals surface area contributed by atoms with Crippen LogP contribution in [0.5, 0.6) is 0 Å². The second-order valence-corrected chi connectivity index (χ2v) is 5.24. The molecule has 1 amide bonds. The van der Waals surface area contributed by atoms with Crippen molar-refractivity contribution in [3.63, 3.8) is 0 Å². The largest absolute Gasteiger partial charge is 0.454 e. The maximum absolute atomic E-state index is 12.2. The Kier molecular flexibility index (Phi) is 5.17. The van der Waals surface area contributed by atoms with Crippen LogP contribution in [0.2, 0.25) is 5.02 Å². The molecule has 2 rings (SSSR count). The molecule has 0 spiro atoms. The van der Waals surface area contributed by atoms with E-state index in [4.69, 9.17) is 16.3 Å². The summed E-state index contributed by atoms with van der Waals surface area (Å²) >= 11 is 6.09. The number of rotatable bonds is 4. The topological polar surface area (TPSA) is 55.4 Å². The predicted molar refractivity (Wildman–Crippen MR) is 86.0 cm³/mol. The third kappa shape index (κ3) is 4.09. The van der Waals surface area contributed by atoms with Crippen molar-refractivity contribution in [3.8, 4) is 0 Å². The van der Waals surface area contributed by atoms with E-state index in [1.807, 2.05) is 18.2 Å². The molecular formula is C17H16ClNO3. The van der Waals surface area contributed by atoms with E-state index >= 15 is 0 Å². The Labute approximate surface area is 134 Å². The number of halogens is 1. The SMILES string of the molecule is CC(=O)Nc1cccc(C(=O)O[C@@H](C)c2ccccc2Cl)c1. The minimum absolute atomic E-state index is 0.199. The number of nitrogens with one attached hydrogen (secondary N) is 1. The average molecular weight is 318 g/mol. The molecule has 0 unspecified atom stereocenters. The summed E-state index contributed by atoms with van der Waals surface area (Å²) in [5.41, 5.74) is 1.66. The average Bonchev–Trinajstić information content (AvgIpc) is 2.47. The number of anilines is 1. The fourth-order valence-electron chi connectivity index (χ4n) is 2.02. The van der Waals surface area contributed by atoms with Crippen LogP contribution in [0.15, 0.2) is 48.5 Å². The van der Waals surface area contributed by atoms with Gasteiger partial charge in [-0.2, -0.15) is 0 Å². The Bertz CT molecular complexity index is 700. The molecule has 114 valence electrons. The Morgan fingerprint density at radius 2 is 1.86 bits per heavy atom. The summed E-state index contributed by atoms with van der Waals surface area (Å²) in [4.78, 5) is 23.3. The van der Waals surface area contributed by atoms with E-state index < -0.39 is 12.1 Å². The van der Waals surface area contributed by atoms with Gasteiger partial charge in [0, 0.05) is 23.2 Å². The molecule has 0 aromatic heterocycles. The lowest BCUT2D eigenvalue weighted by molar-refractivity contribution is -0.114. The minimum atomic E-state index is -0.473. The van der Waals surface area contributed by atoms with Gasteiger partial charge in [-0.15, -0.1) is 0 Å². The first-order valence-electron chi connectivity index (χ1n) is 6.80. The number of carbonyl (C=O) groups is 2. The van der Waals surface area contributed by atoms with Gasteiger partial charge in [0.1, 0.15) is 6.10 Å². The van der Waals surface area contributed by atoms with Crippen LogP contribution < -0.4 is 5.32 Å². The van der Waals surface area contributed by atoms with Crippen molar-refractivity contribution >= 4 is 29.2 Å². The minimum Gasteiger partial charge on any atom is -0.454 e. The smallest absolute Gasteiger partial charge is 0.338 e. The number of esters is 1. The Balaban J connectivity index is 2.12. The molecule has 22 heavy (non-hydrogen) atoms. The van der Waals surface area contributed by atoms with Gasteiger partial charge in [-0.05, 0) is 31.2 Å². The van der Waals surface area contributed by atoms with Gasteiger partial charge in [0.15, 0.2) is 0 Å². The highest BCUT2D eigenvalue weighted by Gasteiger charge is 2.16. The number of amides is 1. The molecule has 0 saturated carbocycles. The van der Waals surface area contributed by atoms with E-state index in [0.29, 0.717) is 16.3 Å². The van der Waals surface area contributed by atoms with E-state index in [1.165, 1.54) is 6.92 Å². The Morgan fingerprint density at radius 3 is 2.55 bits per heavy atom. The number of benzene rings is 2. The van der Waals surface area contributed by atoms with Crippen LogP contribution in [0.25, 0.3) is 0 Å². The van der Waals surface area contributed by atoms with Gasteiger partial charge in [-0.25, -0.2) is 4.79 Å². The van der Waals surface area contributed by atoms with Gasteiger partial charge in [0.25, 0.3) is 0 Å². The van der Waals surface area contributed by atoms with Gasteiger partial charge in [0.05, 0.1) is 5.56 Å². The van der Waals surface area contributed by atoms with E-state index in [-0.39, 0.29) is 5.91 Å². The normalized spacial score (nSPS) is 11.6. The molecule has 2 aromatic carbocycles. The summed E-state index contributed by atoms with van der Waals surface area (Å²) in [5.74, 6) is -0.672. The lowest BCUT2D eigenvalue weighted by atomic mass is 10.1. The summed E-state index contributed by atoms with van der Waals surface area (Å²) in [6.45, 7) is 3.17. The highest BCUT2D eigenvalue weighted by molar-refractivity contribution is 6.31. The van der Waals surface area contributed by atoms with E-state index in [9.17, 15) is 9.59 Å². The standard InChI is InChI=1S/C17H16ClNO3/c1-11(15-8-3-4-9-16(15)18)22-17(21)13-6-5-7-14(10-13)19-12(2)20/h3-11H,1-2H3,(H,19,20)/t11-/m0/s1. The predicted octanol–water partition coefficient (Wildman–Crippen LogP) is 4.22. The van der Waals surface area contributed by atoms with E-state index in [2.05, 4.69) is 5.32 Å². The summed E-state index contributed by atoms with van der Waals surface area (Å²) in [5, 5.41) is 3.18. The maximum Gasteiger partial charge on any atom is 0.338 e. The highest BCUT2D eigenvalue weighted by Crippen LogP contribution is 2.26. The van der Waals surface area contributed by atoms with Crippen molar-refractivity contribution in [1.29, 1.82) is 0 Å². The fraction of sp³-hybridized carbons (Fsp3) is 0.176. The molecule has 4 nitrogen and oxygen atoms in total. The first kappa shape index (κ1) is 16.0. The quantitative estimate of drug-likeness (QED) is 0.859. The number of carbonyl (C=O) groups excluding carboxylic acids is 2. The third-order valence-corrected chi connectivity index (χ3v) is 3.39. The maximum atomic E-state index is 12.2. The Hall–Kier alpha value is -2.33. The number of hydrogen-bond acceptors (Lipinski definition) is 3. The lowest BCUT2D eigenvalue weighted by Gasteiger charge is -2.15. The number of ether oxygens (including phenoxy) is 1. The van der Waals surface area contributed by atoms with Crippen molar-refractivity contribution in [2.24, 2.45) is 0 Å². The van der Waals surface area contributed by atoms with Crippen LogP contribution in [0.1, 0.15) is 35.9 Å². The van der Waals surface area contributed by atoms with Crippen molar-refractivity contribution in [1.82, 2.24) is 0 Å². The lowest BCUT2D eigenvalue weighted by Crippen LogP contribution is -2.11. The summed E-state index contributed by atoms with van der Waals surface area (Å²) in [7, 11) is 0. The van der Waals surface area contributed by atoms with E-state index in [1.54, 1.807) is 37.3 Å². The molecule has 0 saturated heterocycles. The van der Waals surface area contributed by atoms with Gasteiger partial charge in [-0.3, -0.25) is 4.79 Å². The number of hydrogen-bond donors (Lipinski definition) is 1. The highest BCUT2D eigenvalue weighted by atomic mass is 35.5. The second-order valence-electron chi connectivity index (χ2n) is 4.83. The van der Waals surface area contributed by atoms with Gasteiger partial charge < -0.3 is 10.1 Å². The zero-order valence-corrected chi connectivity index (χ0v) is 13.1. The molecule has 5 heteroatoms. The third-order valence-electron chi connectivity index (χ3n) is 3.05. The molecule has 2 aromatic rings. The fourth-order valence-corrected chi connectivity index (χ4v) is 2.31. The first-order valence-corrected chi connectivity index (χ1v) is 7.18. The summed E-state index contributed by atoms with van der Waals surface area (Å²) < 4.78 is 5.43. The van der Waals surface area contributed by atoms with Gasteiger partial charge in [-0.1, -0.05) is 35.9 Å². The van der Waals surface area contributed by atoms with Crippen molar-refractivity contribution in [3.05, 3.63) is 64.7 Å². The van der Waals surface area contributed by atoms with Crippen LogP contribution in [0.4, 0.5) is 5.69 Å². The first-order chi connectivity index (χ1) is 10.5. The zero-order valence-electron chi connectivity index (χ0n) is 12.3. The molecule has 1 atom stereocenters. The Morgan fingerprint density at radius 1 is 1.14 bits per heavy atom. The van der Waals surface area contributed by atoms with Gasteiger partial charge in [0.2, 0.25) is 5.91 Å². The van der Waals surface area contributed by atoms with Gasteiger partial charge >= 0.3 is 5.97 Å². The molecule has 0 heterocycles. The second kappa shape index (κ2) is 7.09. The summed E-state index contributed by atoms with van der Waals surface area (Å²) in [6.07, 6.45) is -0.467. The zero-order chi connectivity index (χ0) is 16.1. The van der Waals surface area contributed by atoms with Crippen LogP contribution in [-0.2, 0) is 9.53 Å². The molecule has 1 N–H and O–H groups in total. The summed E-state index contributed by atoms with van der Waals surface area (Å²) in [6, 6.07) is 13.8.